The van der Waals surface area contributed by atoms with Crippen LogP contribution in [-0.2, 0) is 16.0 Å². The molecule has 190 valence electrons. The first-order valence-electron chi connectivity index (χ1n) is 12.0. The number of carbonyl (C=O) groups is 2. The number of hydrogen-bond donors (Lipinski definition) is 1. The van der Waals surface area contributed by atoms with Crippen molar-refractivity contribution < 1.29 is 23.8 Å². The first-order valence-corrected chi connectivity index (χ1v) is 12.0. The van der Waals surface area contributed by atoms with Crippen LogP contribution in [0.2, 0.25) is 0 Å². The molecule has 3 rings (SSSR count). The molecule has 0 spiro atoms. The minimum Gasteiger partial charge on any atom is -0.493 e. The molecule has 0 saturated carbocycles. The molecule has 35 heavy (non-hydrogen) atoms. The number of benzene rings is 1. The zero-order chi connectivity index (χ0) is 25.4. The molecule has 1 fully saturated rings. The van der Waals surface area contributed by atoms with E-state index in [2.05, 4.69) is 15.3 Å². The van der Waals surface area contributed by atoms with E-state index in [0.29, 0.717) is 49.8 Å². The summed E-state index contributed by atoms with van der Waals surface area (Å²) in [6.45, 7) is 7.41. The van der Waals surface area contributed by atoms with E-state index in [1.54, 1.807) is 31.5 Å². The third-order valence-corrected chi connectivity index (χ3v) is 5.76. The highest BCUT2D eigenvalue weighted by molar-refractivity contribution is 5.76. The van der Waals surface area contributed by atoms with E-state index in [0.717, 1.165) is 24.0 Å². The molecular weight excluding hydrogens is 448 g/mol. The van der Waals surface area contributed by atoms with Gasteiger partial charge < -0.3 is 24.4 Å². The fourth-order valence-corrected chi connectivity index (χ4v) is 3.94. The van der Waals surface area contributed by atoms with Gasteiger partial charge >= 0.3 is 6.09 Å². The number of amides is 2. The summed E-state index contributed by atoms with van der Waals surface area (Å²) < 4.78 is 16.1. The topological polar surface area (TPSA) is 103 Å². The minimum absolute atomic E-state index is 0.0491. The number of likely N-dealkylation sites (tertiary alicyclic amines) is 1. The summed E-state index contributed by atoms with van der Waals surface area (Å²) in [5, 5.41) is 2.99. The number of nitrogens with one attached hydrogen (secondary N) is 1. The van der Waals surface area contributed by atoms with Crippen molar-refractivity contribution >= 4 is 12.0 Å². The van der Waals surface area contributed by atoms with Gasteiger partial charge in [-0.15, -0.1) is 0 Å². The summed E-state index contributed by atoms with van der Waals surface area (Å²) in [5.41, 5.74) is 1.26. The summed E-state index contributed by atoms with van der Waals surface area (Å²) in [4.78, 5) is 35.3. The van der Waals surface area contributed by atoms with E-state index in [-0.39, 0.29) is 17.9 Å². The molecule has 1 N–H and O–H groups in total. The SMILES string of the molecule is COc1ccc(-c2cnc(CCC(=O)NCC3CCCN(C(=O)OC(C)(C)C)C3)nc2)cc1OC. The van der Waals surface area contributed by atoms with Gasteiger partial charge in [0.2, 0.25) is 5.91 Å². The molecule has 1 aromatic carbocycles. The Morgan fingerprint density at radius 3 is 2.46 bits per heavy atom. The lowest BCUT2D eigenvalue weighted by Gasteiger charge is -2.34. The maximum absolute atomic E-state index is 12.4. The summed E-state index contributed by atoms with van der Waals surface area (Å²) in [6.07, 6.45) is 5.83. The maximum atomic E-state index is 12.4. The second-order valence-corrected chi connectivity index (χ2v) is 9.70. The quantitative estimate of drug-likeness (QED) is 0.607. The Balaban J connectivity index is 1.45. The normalized spacial score (nSPS) is 15.9. The lowest BCUT2D eigenvalue weighted by molar-refractivity contribution is -0.121. The average Bonchev–Trinajstić information content (AvgIpc) is 2.85. The van der Waals surface area contributed by atoms with Crippen LogP contribution in [0.15, 0.2) is 30.6 Å². The highest BCUT2D eigenvalue weighted by atomic mass is 16.6. The molecule has 2 aromatic rings. The van der Waals surface area contributed by atoms with Crippen LogP contribution in [0.25, 0.3) is 11.1 Å². The third-order valence-electron chi connectivity index (χ3n) is 5.76. The Bertz CT molecular complexity index is 1000. The monoisotopic (exact) mass is 484 g/mol. The van der Waals surface area contributed by atoms with Gasteiger partial charge in [-0.1, -0.05) is 6.07 Å². The molecule has 9 heteroatoms. The fourth-order valence-electron chi connectivity index (χ4n) is 3.94. The predicted octanol–water partition coefficient (Wildman–Crippen LogP) is 3.86. The molecule has 0 radical (unpaired) electrons. The largest absolute Gasteiger partial charge is 0.493 e. The molecule has 0 aliphatic carbocycles. The van der Waals surface area contributed by atoms with E-state index < -0.39 is 5.60 Å². The van der Waals surface area contributed by atoms with Crippen molar-refractivity contribution in [1.82, 2.24) is 20.2 Å². The molecule has 1 unspecified atom stereocenters. The number of nitrogens with zero attached hydrogens (tertiary/aromatic N) is 3. The van der Waals surface area contributed by atoms with E-state index in [1.165, 1.54) is 0 Å². The zero-order valence-electron chi connectivity index (χ0n) is 21.3. The van der Waals surface area contributed by atoms with Gasteiger partial charge in [-0.2, -0.15) is 0 Å². The molecule has 2 amide bonds. The molecule has 1 saturated heterocycles. The molecule has 2 heterocycles. The number of methoxy groups -OCH3 is 2. The summed E-state index contributed by atoms with van der Waals surface area (Å²) in [7, 11) is 3.19. The number of rotatable bonds is 8. The molecule has 1 aromatic heterocycles. The second kappa shape index (κ2) is 11.9. The summed E-state index contributed by atoms with van der Waals surface area (Å²) in [6, 6.07) is 5.63. The lowest BCUT2D eigenvalue weighted by Crippen LogP contribution is -2.45. The van der Waals surface area contributed by atoms with Gasteiger partial charge in [0.05, 0.1) is 14.2 Å². The van der Waals surface area contributed by atoms with E-state index in [1.807, 2.05) is 39.0 Å². The third kappa shape index (κ3) is 7.83. The number of piperidine rings is 1. The van der Waals surface area contributed by atoms with E-state index in [9.17, 15) is 9.59 Å². The van der Waals surface area contributed by atoms with Crippen molar-refractivity contribution in [3.8, 4) is 22.6 Å². The molecule has 9 nitrogen and oxygen atoms in total. The molecule has 0 bridgehead atoms. The highest BCUT2D eigenvalue weighted by Gasteiger charge is 2.27. The number of aryl methyl sites for hydroxylation is 1. The van der Waals surface area contributed by atoms with Crippen molar-refractivity contribution in [2.45, 2.75) is 52.1 Å². The van der Waals surface area contributed by atoms with Crippen molar-refractivity contribution in [3.05, 3.63) is 36.4 Å². The van der Waals surface area contributed by atoms with Gasteiger partial charge in [-0.25, -0.2) is 14.8 Å². The summed E-state index contributed by atoms with van der Waals surface area (Å²) >= 11 is 0. The van der Waals surface area contributed by atoms with Crippen LogP contribution in [0, 0.1) is 5.92 Å². The van der Waals surface area contributed by atoms with Crippen LogP contribution in [0.5, 0.6) is 11.5 Å². The van der Waals surface area contributed by atoms with Crippen molar-refractivity contribution in [2.75, 3.05) is 33.9 Å². The van der Waals surface area contributed by atoms with Crippen LogP contribution in [0.4, 0.5) is 4.79 Å². The molecular formula is C26H36N4O5. The van der Waals surface area contributed by atoms with Crippen LogP contribution in [-0.4, -0.2) is 66.3 Å². The van der Waals surface area contributed by atoms with Crippen molar-refractivity contribution in [3.63, 3.8) is 0 Å². The first-order chi connectivity index (χ1) is 16.7. The highest BCUT2D eigenvalue weighted by Crippen LogP contribution is 2.31. The Hall–Kier alpha value is -3.36. The Morgan fingerprint density at radius 2 is 1.80 bits per heavy atom. The minimum atomic E-state index is -0.514. The molecule has 1 aliphatic heterocycles. The standard InChI is InChI=1S/C26H36N4O5/c1-26(2,3)35-25(32)30-12-6-7-18(17-30)14-29-24(31)11-10-23-27-15-20(16-28-23)19-8-9-21(33-4)22(13-19)34-5/h8-9,13,15-16,18H,6-7,10-12,14,17H2,1-5H3,(H,29,31). The number of hydrogen-bond acceptors (Lipinski definition) is 7. The Kier molecular flexibility index (Phi) is 8.89. The molecule has 1 atom stereocenters. The summed E-state index contributed by atoms with van der Waals surface area (Å²) in [5.74, 6) is 2.07. The zero-order valence-corrected chi connectivity index (χ0v) is 21.3. The van der Waals surface area contributed by atoms with Gasteiger partial charge in [-0.3, -0.25) is 4.79 Å². The van der Waals surface area contributed by atoms with Crippen LogP contribution < -0.4 is 14.8 Å². The van der Waals surface area contributed by atoms with Crippen LogP contribution in [0.1, 0.15) is 45.9 Å². The Morgan fingerprint density at radius 1 is 1.09 bits per heavy atom. The lowest BCUT2D eigenvalue weighted by atomic mass is 9.98. The predicted molar refractivity (Wildman–Crippen MR) is 132 cm³/mol. The van der Waals surface area contributed by atoms with E-state index >= 15 is 0 Å². The van der Waals surface area contributed by atoms with Gasteiger partial charge in [0.25, 0.3) is 0 Å². The van der Waals surface area contributed by atoms with Crippen LogP contribution in [0.3, 0.4) is 0 Å². The van der Waals surface area contributed by atoms with Gasteiger partial charge in [0, 0.05) is 50.4 Å². The van der Waals surface area contributed by atoms with Crippen LogP contribution >= 0.6 is 0 Å². The van der Waals surface area contributed by atoms with Gasteiger partial charge in [0.1, 0.15) is 11.4 Å². The number of ether oxygens (including phenoxy) is 3. The van der Waals surface area contributed by atoms with E-state index in [4.69, 9.17) is 14.2 Å². The Labute approximate surface area is 207 Å². The van der Waals surface area contributed by atoms with Gasteiger partial charge in [-0.05, 0) is 57.2 Å². The molecule has 1 aliphatic rings. The fraction of sp³-hybridized carbons (Fsp3) is 0.538. The van der Waals surface area contributed by atoms with Gasteiger partial charge in [0.15, 0.2) is 11.5 Å². The van der Waals surface area contributed by atoms with Crippen molar-refractivity contribution in [2.24, 2.45) is 5.92 Å². The maximum Gasteiger partial charge on any atom is 0.410 e. The second-order valence-electron chi connectivity index (χ2n) is 9.70. The number of aromatic nitrogens is 2. The average molecular weight is 485 g/mol. The number of carbonyl (C=O) groups excluding carboxylic acids is 2. The smallest absolute Gasteiger partial charge is 0.410 e. The first kappa shape index (κ1) is 26.2. The van der Waals surface area contributed by atoms with Crippen molar-refractivity contribution in [1.29, 1.82) is 0 Å².